The van der Waals surface area contributed by atoms with Gasteiger partial charge in [-0.2, -0.15) is 4.98 Å². The Morgan fingerprint density at radius 3 is 2.67 bits per heavy atom. The lowest BCUT2D eigenvalue weighted by atomic mass is 10.3. The highest BCUT2D eigenvalue weighted by molar-refractivity contribution is 5.37. The van der Waals surface area contributed by atoms with Crippen molar-refractivity contribution < 1.29 is 9.84 Å². The minimum atomic E-state index is -0.145. The molecule has 15 heavy (non-hydrogen) atoms. The Balaban J connectivity index is 2.28. The Morgan fingerprint density at radius 2 is 1.93 bits per heavy atom. The minimum absolute atomic E-state index is 0.0497. The molecule has 0 radical (unpaired) electrons. The number of benzene rings is 1. The summed E-state index contributed by atoms with van der Waals surface area (Å²) >= 11 is 0. The molecule has 0 saturated carbocycles. The number of nitrogen functional groups attached to an aromatic ring is 1. The molecule has 0 fully saturated rings. The Bertz CT molecular complexity index is 459. The van der Waals surface area contributed by atoms with Crippen LogP contribution in [0.4, 0.5) is 5.95 Å². The van der Waals surface area contributed by atoms with Gasteiger partial charge in [0.15, 0.2) is 5.75 Å². The average Bonchev–Trinajstić information content (AvgIpc) is 2.25. The van der Waals surface area contributed by atoms with E-state index in [4.69, 9.17) is 10.5 Å². The molecule has 76 valence electrons. The van der Waals surface area contributed by atoms with Gasteiger partial charge in [-0.3, -0.25) is 0 Å². The molecule has 1 aromatic heterocycles. The monoisotopic (exact) mass is 203 g/mol. The molecular weight excluding hydrogens is 194 g/mol. The summed E-state index contributed by atoms with van der Waals surface area (Å²) in [4.78, 5) is 7.38. The Hall–Kier alpha value is -2.30. The fraction of sp³-hybridized carbons (Fsp3) is 0. The maximum Gasteiger partial charge on any atom is 0.267 e. The van der Waals surface area contributed by atoms with E-state index >= 15 is 0 Å². The van der Waals surface area contributed by atoms with Crippen LogP contribution in [-0.2, 0) is 0 Å². The van der Waals surface area contributed by atoms with Gasteiger partial charge < -0.3 is 15.6 Å². The number of ether oxygens (including phenoxy) is 1. The predicted molar refractivity (Wildman–Crippen MR) is 54.6 cm³/mol. The zero-order chi connectivity index (χ0) is 10.7. The van der Waals surface area contributed by atoms with Gasteiger partial charge in [-0.15, -0.1) is 0 Å². The van der Waals surface area contributed by atoms with Gasteiger partial charge in [-0.05, 0) is 12.1 Å². The molecule has 0 aliphatic carbocycles. The van der Waals surface area contributed by atoms with Gasteiger partial charge in [-0.25, -0.2) is 4.98 Å². The number of aromatic hydroxyl groups is 1. The van der Waals surface area contributed by atoms with E-state index in [1.807, 2.05) is 18.2 Å². The van der Waals surface area contributed by atoms with E-state index in [2.05, 4.69) is 9.97 Å². The van der Waals surface area contributed by atoms with Crippen molar-refractivity contribution in [2.24, 2.45) is 0 Å². The van der Waals surface area contributed by atoms with Crippen molar-refractivity contribution in [1.82, 2.24) is 9.97 Å². The lowest BCUT2D eigenvalue weighted by Crippen LogP contribution is -1.96. The number of aromatic nitrogens is 2. The van der Waals surface area contributed by atoms with E-state index in [9.17, 15) is 5.11 Å². The van der Waals surface area contributed by atoms with Crippen molar-refractivity contribution in [3.63, 3.8) is 0 Å². The van der Waals surface area contributed by atoms with Crippen molar-refractivity contribution in [3.8, 4) is 17.4 Å². The van der Waals surface area contributed by atoms with Crippen LogP contribution in [-0.4, -0.2) is 15.1 Å². The molecule has 0 saturated heterocycles. The number of nitrogens with two attached hydrogens (primary N) is 1. The molecular formula is C10H9N3O2. The summed E-state index contributed by atoms with van der Waals surface area (Å²) in [5.74, 6) is 0.534. The average molecular weight is 203 g/mol. The van der Waals surface area contributed by atoms with Crippen LogP contribution in [0.3, 0.4) is 0 Å². The van der Waals surface area contributed by atoms with E-state index in [1.165, 1.54) is 6.20 Å². The number of hydrogen-bond donors (Lipinski definition) is 2. The van der Waals surface area contributed by atoms with Crippen molar-refractivity contribution in [3.05, 3.63) is 36.5 Å². The van der Waals surface area contributed by atoms with Crippen LogP contribution in [0.2, 0.25) is 0 Å². The number of hydrogen-bond acceptors (Lipinski definition) is 5. The molecule has 1 heterocycles. The topological polar surface area (TPSA) is 81.3 Å². The standard InChI is InChI=1S/C10H9N3O2/c11-10-12-6-8(14)9(13-10)15-7-4-2-1-3-5-7/h1-6,14H,(H2,11,12,13). The van der Waals surface area contributed by atoms with Crippen LogP contribution in [0, 0.1) is 0 Å². The zero-order valence-electron chi connectivity index (χ0n) is 7.79. The smallest absolute Gasteiger partial charge is 0.267 e. The molecule has 5 heteroatoms. The van der Waals surface area contributed by atoms with Crippen molar-refractivity contribution in [2.45, 2.75) is 0 Å². The molecule has 5 nitrogen and oxygen atoms in total. The Labute approximate surface area is 86.2 Å². The molecule has 2 aromatic rings. The van der Waals surface area contributed by atoms with Crippen LogP contribution < -0.4 is 10.5 Å². The first-order chi connectivity index (χ1) is 7.25. The molecule has 1 aromatic carbocycles. The first-order valence-corrected chi connectivity index (χ1v) is 4.30. The second-order valence-corrected chi connectivity index (χ2v) is 2.83. The third-order valence-corrected chi connectivity index (χ3v) is 1.71. The fourth-order valence-corrected chi connectivity index (χ4v) is 1.05. The molecule has 2 rings (SSSR count). The van der Waals surface area contributed by atoms with Gasteiger partial charge in [0.2, 0.25) is 5.95 Å². The second-order valence-electron chi connectivity index (χ2n) is 2.83. The number of rotatable bonds is 2. The summed E-state index contributed by atoms with van der Waals surface area (Å²) in [5.41, 5.74) is 5.37. The van der Waals surface area contributed by atoms with E-state index < -0.39 is 0 Å². The molecule has 0 aliphatic heterocycles. The van der Waals surface area contributed by atoms with Crippen LogP contribution in [0.5, 0.6) is 17.4 Å². The van der Waals surface area contributed by atoms with Gasteiger partial charge in [0, 0.05) is 0 Å². The largest absolute Gasteiger partial charge is 0.502 e. The van der Waals surface area contributed by atoms with E-state index in [0.29, 0.717) is 5.75 Å². The third kappa shape index (κ3) is 2.14. The normalized spacial score (nSPS) is 9.87. The maximum absolute atomic E-state index is 9.39. The molecule has 0 unspecified atom stereocenters. The summed E-state index contributed by atoms with van der Waals surface area (Å²) in [6.45, 7) is 0. The van der Waals surface area contributed by atoms with Crippen molar-refractivity contribution in [1.29, 1.82) is 0 Å². The van der Waals surface area contributed by atoms with E-state index in [0.717, 1.165) is 0 Å². The minimum Gasteiger partial charge on any atom is -0.502 e. The highest BCUT2D eigenvalue weighted by Gasteiger charge is 2.06. The SMILES string of the molecule is Nc1ncc(O)c(Oc2ccccc2)n1. The molecule has 0 bridgehead atoms. The molecule has 0 atom stereocenters. The van der Waals surface area contributed by atoms with Crippen LogP contribution in [0.1, 0.15) is 0 Å². The van der Waals surface area contributed by atoms with E-state index in [-0.39, 0.29) is 17.6 Å². The van der Waals surface area contributed by atoms with Gasteiger partial charge in [0.1, 0.15) is 5.75 Å². The first kappa shape index (κ1) is 9.26. The quantitative estimate of drug-likeness (QED) is 0.773. The van der Waals surface area contributed by atoms with Gasteiger partial charge in [0.25, 0.3) is 5.88 Å². The zero-order valence-corrected chi connectivity index (χ0v) is 7.79. The summed E-state index contributed by atoms with van der Waals surface area (Å²) in [7, 11) is 0. The number of nitrogens with zero attached hydrogens (tertiary/aromatic N) is 2. The Morgan fingerprint density at radius 1 is 1.20 bits per heavy atom. The highest BCUT2D eigenvalue weighted by atomic mass is 16.5. The van der Waals surface area contributed by atoms with Crippen LogP contribution >= 0.6 is 0 Å². The second kappa shape index (κ2) is 3.83. The third-order valence-electron chi connectivity index (χ3n) is 1.71. The van der Waals surface area contributed by atoms with Gasteiger partial charge >= 0.3 is 0 Å². The maximum atomic E-state index is 9.39. The lowest BCUT2D eigenvalue weighted by Gasteiger charge is -2.05. The Kier molecular flexibility index (Phi) is 2.37. The highest BCUT2D eigenvalue weighted by Crippen LogP contribution is 2.27. The summed E-state index contributed by atoms with van der Waals surface area (Å²) in [5, 5.41) is 9.39. The summed E-state index contributed by atoms with van der Waals surface area (Å²) < 4.78 is 5.31. The summed E-state index contributed by atoms with van der Waals surface area (Å²) in [6, 6.07) is 8.99. The van der Waals surface area contributed by atoms with Crippen molar-refractivity contribution >= 4 is 5.95 Å². The van der Waals surface area contributed by atoms with Crippen LogP contribution in [0.15, 0.2) is 36.5 Å². The van der Waals surface area contributed by atoms with Gasteiger partial charge in [-0.1, -0.05) is 18.2 Å². The van der Waals surface area contributed by atoms with E-state index in [1.54, 1.807) is 12.1 Å². The molecule has 3 N–H and O–H groups in total. The number of anilines is 1. The molecule has 0 amide bonds. The number of para-hydroxylation sites is 1. The first-order valence-electron chi connectivity index (χ1n) is 4.30. The summed E-state index contributed by atoms with van der Waals surface area (Å²) in [6.07, 6.45) is 1.20. The lowest BCUT2D eigenvalue weighted by molar-refractivity contribution is 0.395. The van der Waals surface area contributed by atoms with Crippen LogP contribution in [0.25, 0.3) is 0 Å². The fourth-order valence-electron chi connectivity index (χ4n) is 1.05. The molecule has 0 spiro atoms. The van der Waals surface area contributed by atoms with Crippen molar-refractivity contribution in [2.75, 3.05) is 5.73 Å². The van der Waals surface area contributed by atoms with Gasteiger partial charge in [0.05, 0.1) is 6.20 Å². The molecule has 0 aliphatic rings. The predicted octanol–water partition coefficient (Wildman–Crippen LogP) is 1.56.